The lowest BCUT2D eigenvalue weighted by Gasteiger charge is -1.97. The highest BCUT2D eigenvalue weighted by molar-refractivity contribution is 6.07. The molecule has 0 saturated carbocycles. The van der Waals surface area contributed by atoms with Crippen LogP contribution in [0.3, 0.4) is 0 Å². The van der Waals surface area contributed by atoms with Gasteiger partial charge in [0.05, 0.1) is 0 Å². The molecule has 0 aliphatic carbocycles. The lowest BCUT2D eigenvalue weighted by atomic mass is 10.1. The van der Waals surface area contributed by atoms with Gasteiger partial charge in [0.25, 0.3) is 0 Å². The zero-order valence-electron chi connectivity index (χ0n) is 7.53. The first kappa shape index (κ1) is 7.51. The summed E-state index contributed by atoms with van der Waals surface area (Å²) in [5, 5.41) is 1.78. The number of benzene rings is 2. The fourth-order valence-electron chi connectivity index (χ4n) is 1.79. The molecule has 0 spiro atoms. The Kier molecular flexibility index (Phi) is 1.37. The van der Waals surface area contributed by atoms with Gasteiger partial charge in [-0.1, -0.05) is 48.5 Å². The Morgan fingerprint density at radius 3 is 2.36 bits per heavy atom. The molecule has 1 heteroatoms. The third kappa shape index (κ3) is 0.925. The Hall–Kier alpha value is -1.89. The van der Waals surface area contributed by atoms with E-state index in [1.807, 2.05) is 48.5 Å². The molecule has 1 nitrogen and oxygen atoms in total. The molecule has 14 heavy (non-hydrogen) atoms. The fourth-order valence-corrected chi connectivity index (χ4v) is 1.79. The van der Waals surface area contributed by atoms with E-state index in [0.717, 1.165) is 21.9 Å². The lowest BCUT2D eigenvalue weighted by Crippen LogP contribution is -1.75. The van der Waals surface area contributed by atoms with Crippen molar-refractivity contribution in [1.29, 1.82) is 0 Å². The van der Waals surface area contributed by atoms with Gasteiger partial charge in [0, 0.05) is 10.8 Å². The van der Waals surface area contributed by atoms with Crippen LogP contribution in [-0.4, -0.2) is 0 Å². The Labute approximate surface area is 81.3 Å². The molecule has 0 aliphatic heterocycles. The molecule has 0 bridgehead atoms. The van der Waals surface area contributed by atoms with E-state index >= 15 is 0 Å². The zero-order valence-corrected chi connectivity index (χ0v) is 7.53. The fraction of sp³-hybridized carbons (Fsp3) is 0. The molecule has 0 amide bonds. The average molecular weight is 180 g/mol. The monoisotopic (exact) mass is 180 g/mol. The van der Waals surface area contributed by atoms with E-state index < -0.39 is 0 Å². The van der Waals surface area contributed by atoms with Crippen LogP contribution in [0, 0.1) is 0 Å². The van der Waals surface area contributed by atoms with Crippen molar-refractivity contribution < 1.29 is 0 Å². The Morgan fingerprint density at radius 2 is 1.57 bits per heavy atom. The van der Waals surface area contributed by atoms with E-state index in [1.165, 1.54) is 0 Å². The van der Waals surface area contributed by atoms with Gasteiger partial charge in [-0.2, -0.15) is 0 Å². The molecule has 0 unspecified atom stereocenters. The van der Waals surface area contributed by atoms with Crippen molar-refractivity contribution in [3.8, 4) is 11.1 Å². The molecule has 0 aliphatic rings. The molecular formula is C13H8O. The van der Waals surface area contributed by atoms with Gasteiger partial charge in [0.15, 0.2) is 5.43 Å². The Bertz CT molecular complexity index is 598. The molecule has 0 fully saturated rings. The minimum Gasteiger partial charge on any atom is -0.289 e. The zero-order chi connectivity index (χ0) is 9.54. The highest BCUT2D eigenvalue weighted by atomic mass is 16.1. The molecule has 66 valence electrons. The van der Waals surface area contributed by atoms with Crippen molar-refractivity contribution in [2.45, 2.75) is 0 Å². The summed E-state index contributed by atoms with van der Waals surface area (Å²) in [5.74, 6) is 0. The summed E-state index contributed by atoms with van der Waals surface area (Å²) >= 11 is 0. The maximum atomic E-state index is 11.3. The lowest BCUT2D eigenvalue weighted by molar-refractivity contribution is 1.68. The molecule has 3 rings (SSSR count). The van der Waals surface area contributed by atoms with Crippen LogP contribution in [0.25, 0.3) is 21.9 Å². The number of fused-ring (bicyclic) bond motifs is 1. The van der Waals surface area contributed by atoms with Crippen molar-refractivity contribution in [3.05, 3.63) is 58.8 Å². The largest absolute Gasteiger partial charge is 0.289 e. The van der Waals surface area contributed by atoms with Crippen molar-refractivity contribution >= 4 is 10.8 Å². The van der Waals surface area contributed by atoms with E-state index in [0.29, 0.717) is 0 Å². The minimum atomic E-state index is 0.203. The van der Waals surface area contributed by atoms with E-state index in [2.05, 4.69) is 0 Å². The van der Waals surface area contributed by atoms with E-state index in [9.17, 15) is 4.79 Å². The van der Waals surface area contributed by atoms with Crippen LogP contribution in [0.5, 0.6) is 0 Å². The van der Waals surface area contributed by atoms with Crippen molar-refractivity contribution in [2.75, 3.05) is 0 Å². The predicted molar refractivity (Wildman–Crippen MR) is 58.0 cm³/mol. The second-order valence-electron chi connectivity index (χ2n) is 3.42. The maximum Gasteiger partial charge on any atom is 0.195 e. The first-order valence-corrected chi connectivity index (χ1v) is 4.61. The van der Waals surface area contributed by atoms with Gasteiger partial charge in [-0.15, -0.1) is 0 Å². The van der Waals surface area contributed by atoms with Gasteiger partial charge >= 0.3 is 0 Å². The first-order chi connectivity index (χ1) is 6.88. The molecule has 3 aromatic rings. The van der Waals surface area contributed by atoms with Crippen LogP contribution in [0.2, 0.25) is 0 Å². The summed E-state index contributed by atoms with van der Waals surface area (Å²) in [5.41, 5.74) is 2.39. The van der Waals surface area contributed by atoms with E-state index in [4.69, 9.17) is 0 Å². The number of hydrogen-bond donors (Lipinski definition) is 0. The molecule has 0 atom stereocenters. The molecule has 0 saturated heterocycles. The number of hydrogen-bond acceptors (Lipinski definition) is 1. The SMILES string of the molecule is O=c1c2cccc(-c3ccccc3)c12. The molecule has 0 aromatic heterocycles. The normalized spacial score (nSPS) is 11.1. The van der Waals surface area contributed by atoms with Crippen molar-refractivity contribution in [3.63, 3.8) is 0 Å². The third-order valence-electron chi connectivity index (χ3n) is 2.56. The van der Waals surface area contributed by atoms with Crippen molar-refractivity contribution in [1.82, 2.24) is 0 Å². The number of rotatable bonds is 1. The molecule has 0 N–H and O–H groups in total. The van der Waals surface area contributed by atoms with E-state index in [1.54, 1.807) is 0 Å². The smallest absolute Gasteiger partial charge is 0.195 e. The summed E-state index contributed by atoms with van der Waals surface area (Å²) in [4.78, 5) is 11.3. The summed E-state index contributed by atoms with van der Waals surface area (Å²) < 4.78 is 0. The van der Waals surface area contributed by atoms with Crippen molar-refractivity contribution in [2.24, 2.45) is 0 Å². The molecule has 3 aromatic carbocycles. The van der Waals surface area contributed by atoms with Crippen LogP contribution < -0.4 is 5.43 Å². The van der Waals surface area contributed by atoms with Gasteiger partial charge in [-0.3, -0.25) is 4.79 Å². The second-order valence-corrected chi connectivity index (χ2v) is 3.42. The Morgan fingerprint density at radius 1 is 0.786 bits per heavy atom. The Balaban J connectivity index is 2.29. The first-order valence-electron chi connectivity index (χ1n) is 4.61. The van der Waals surface area contributed by atoms with Crippen LogP contribution in [0.15, 0.2) is 53.3 Å². The summed E-state index contributed by atoms with van der Waals surface area (Å²) in [6.07, 6.45) is 0. The van der Waals surface area contributed by atoms with Gasteiger partial charge in [0.1, 0.15) is 0 Å². The maximum absolute atomic E-state index is 11.3. The van der Waals surface area contributed by atoms with Gasteiger partial charge in [-0.25, -0.2) is 0 Å². The minimum absolute atomic E-state index is 0.203. The standard InChI is InChI=1S/C13H8O/c14-13-11-8-4-7-10(12(11)13)9-5-2-1-3-6-9/h1-8H. The molecule has 0 radical (unpaired) electrons. The quantitative estimate of drug-likeness (QED) is 0.562. The highest BCUT2D eigenvalue weighted by Gasteiger charge is 2.16. The topological polar surface area (TPSA) is 17.1 Å². The second kappa shape index (κ2) is 2.55. The van der Waals surface area contributed by atoms with Crippen LogP contribution in [0.1, 0.15) is 0 Å². The van der Waals surface area contributed by atoms with Crippen LogP contribution >= 0.6 is 0 Å². The summed E-state index contributed by atoms with van der Waals surface area (Å²) in [6.45, 7) is 0. The van der Waals surface area contributed by atoms with Crippen LogP contribution in [0.4, 0.5) is 0 Å². The molecular weight excluding hydrogens is 172 g/mol. The summed E-state index contributed by atoms with van der Waals surface area (Å²) in [7, 11) is 0. The van der Waals surface area contributed by atoms with Gasteiger partial charge < -0.3 is 0 Å². The van der Waals surface area contributed by atoms with Gasteiger partial charge in [-0.05, 0) is 11.1 Å². The third-order valence-corrected chi connectivity index (χ3v) is 2.56. The highest BCUT2D eigenvalue weighted by Crippen LogP contribution is 2.29. The van der Waals surface area contributed by atoms with Gasteiger partial charge in [0.2, 0.25) is 0 Å². The summed E-state index contributed by atoms with van der Waals surface area (Å²) in [6, 6.07) is 15.8. The molecule has 0 heterocycles. The average Bonchev–Trinajstić information content (AvgIpc) is 2.92. The predicted octanol–water partition coefficient (Wildman–Crippen LogP) is 2.74. The van der Waals surface area contributed by atoms with E-state index in [-0.39, 0.29) is 5.43 Å². The van der Waals surface area contributed by atoms with Crippen LogP contribution in [-0.2, 0) is 0 Å².